The standard InChI is InChI=1S/C24H24BrN5O4/c1-32-18-10-14(11-19(33-2)22(18)34-3)13-8-16-20(17(31)9-13)21(12-5-4-6-15(25)7-12)30-24(27-16)28-23(26)29-30/h4-7,10-11,13,21H,8-9H2,1-3H3,(H3,26,27,28,29)/t13-,21-/m1/s1. The number of benzene rings is 2. The van der Waals surface area contributed by atoms with Gasteiger partial charge in [0.05, 0.1) is 21.3 Å². The molecule has 0 saturated carbocycles. The molecule has 176 valence electrons. The number of nitrogens with zero attached hydrogens (tertiary/aromatic N) is 3. The first kappa shape index (κ1) is 22.3. The van der Waals surface area contributed by atoms with Crippen molar-refractivity contribution in [3.63, 3.8) is 0 Å². The Labute approximate surface area is 205 Å². The van der Waals surface area contributed by atoms with Crippen LogP contribution in [0.2, 0.25) is 0 Å². The molecule has 0 radical (unpaired) electrons. The minimum Gasteiger partial charge on any atom is -0.493 e. The number of carbonyl (C=O) groups is 1. The van der Waals surface area contributed by atoms with Gasteiger partial charge in [0.2, 0.25) is 17.6 Å². The van der Waals surface area contributed by atoms with Crippen LogP contribution >= 0.6 is 15.9 Å². The van der Waals surface area contributed by atoms with E-state index in [1.165, 1.54) is 0 Å². The third-order valence-corrected chi connectivity index (χ3v) is 6.75. The van der Waals surface area contributed by atoms with Gasteiger partial charge in [-0.15, -0.1) is 5.10 Å². The molecule has 3 N–H and O–H groups in total. The van der Waals surface area contributed by atoms with Crippen molar-refractivity contribution in [3.8, 4) is 17.2 Å². The second-order valence-electron chi connectivity index (χ2n) is 8.20. The molecule has 0 spiro atoms. The predicted molar refractivity (Wildman–Crippen MR) is 130 cm³/mol. The first-order chi connectivity index (χ1) is 16.4. The molecule has 0 fully saturated rings. The lowest BCUT2D eigenvalue weighted by Gasteiger charge is -2.35. The van der Waals surface area contributed by atoms with Crippen LogP contribution in [-0.2, 0) is 4.79 Å². The van der Waals surface area contributed by atoms with Gasteiger partial charge in [-0.2, -0.15) is 4.98 Å². The molecule has 9 nitrogen and oxygen atoms in total. The number of ether oxygens (including phenoxy) is 3. The molecule has 5 rings (SSSR count). The van der Waals surface area contributed by atoms with Crippen LogP contribution in [0.3, 0.4) is 0 Å². The summed E-state index contributed by atoms with van der Waals surface area (Å²) < 4.78 is 19.1. The number of anilines is 2. The first-order valence-electron chi connectivity index (χ1n) is 10.7. The maximum Gasteiger partial charge on any atom is 0.241 e. The fraction of sp³-hybridized carbons (Fsp3) is 0.292. The minimum atomic E-state index is -0.415. The number of nitrogen functional groups attached to an aromatic ring is 1. The van der Waals surface area contributed by atoms with Crippen molar-refractivity contribution in [3.05, 3.63) is 63.3 Å². The lowest BCUT2D eigenvalue weighted by atomic mass is 9.78. The van der Waals surface area contributed by atoms with Crippen LogP contribution in [0.5, 0.6) is 17.2 Å². The summed E-state index contributed by atoms with van der Waals surface area (Å²) in [6, 6.07) is 11.2. The molecule has 1 aromatic heterocycles. The maximum atomic E-state index is 13.6. The summed E-state index contributed by atoms with van der Waals surface area (Å²) in [5.74, 6) is 2.25. The van der Waals surface area contributed by atoms with Gasteiger partial charge in [-0.3, -0.25) is 4.79 Å². The first-order valence-corrected chi connectivity index (χ1v) is 11.5. The number of nitrogens with two attached hydrogens (primary N) is 1. The molecular weight excluding hydrogens is 502 g/mol. The predicted octanol–water partition coefficient (Wildman–Crippen LogP) is 4.06. The summed E-state index contributed by atoms with van der Waals surface area (Å²) in [7, 11) is 4.73. The van der Waals surface area contributed by atoms with Crippen LogP contribution < -0.4 is 25.3 Å². The number of hydrogen-bond donors (Lipinski definition) is 2. The molecule has 2 aliphatic rings. The summed E-state index contributed by atoms with van der Waals surface area (Å²) in [6.45, 7) is 0. The van der Waals surface area contributed by atoms with Crippen molar-refractivity contribution in [2.75, 3.05) is 32.4 Å². The topological polar surface area (TPSA) is 114 Å². The van der Waals surface area contributed by atoms with E-state index in [1.54, 1.807) is 26.0 Å². The molecule has 2 heterocycles. The van der Waals surface area contributed by atoms with Crippen molar-refractivity contribution in [2.45, 2.75) is 24.8 Å². The van der Waals surface area contributed by atoms with Gasteiger partial charge in [0, 0.05) is 22.2 Å². The van der Waals surface area contributed by atoms with E-state index in [0.29, 0.717) is 41.6 Å². The molecule has 2 aromatic carbocycles. The fourth-order valence-corrected chi connectivity index (χ4v) is 5.20. The van der Waals surface area contributed by atoms with Crippen LogP contribution in [0.15, 0.2) is 52.1 Å². The van der Waals surface area contributed by atoms with E-state index in [2.05, 4.69) is 31.3 Å². The highest BCUT2D eigenvalue weighted by Gasteiger charge is 2.40. The van der Waals surface area contributed by atoms with Crippen molar-refractivity contribution < 1.29 is 19.0 Å². The quantitative estimate of drug-likeness (QED) is 0.512. The highest BCUT2D eigenvalue weighted by molar-refractivity contribution is 9.10. The van der Waals surface area contributed by atoms with Gasteiger partial charge in [0.15, 0.2) is 17.3 Å². The van der Waals surface area contributed by atoms with Gasteiger partial charge < -0.3 is 25.3 Å². The fourth-order valence-electron chi connectivity index (χ4n) is 4.79. The van der Waals surface area contributed by atoms with E-state index >= 15 is 0 Å². The molecule has 0 unspecified atom stereocenters. The molecule has 3 aromatic rings. The van der Waals surface area contributed by atoms with E-state index < -0.39 is 6.04 Å². The second-order valence-corrected chi connectivity index (χ2v) is 9.12. The number of rotatable bonds is 5. The third-order valence-electron chi connectivity index (χ3n) is 6.26. The third kappa shape index (κ3) is 3.67. The molecule has 34 heavy (non-hydrogen) atoms. The lowest BCUT2D eigenvalue weighted by Crippen LogP contribution is -2.33. The Morgan fingerprint density at radius 1 is 1.06 bits per heavy atom. The molecule has 2 atom stereocenters. The average Bonchev–Trinajstić information content (AvgIpc) is 3.20. The van der Waals surface area contributed by atoms with Gasteiger partial charge in [0.1, 0.15) is 6.04 Å². The normalized spacial score (nSPS) is 19.2. The number of carbonyl (C=O) groups excluding carboxylic acids is 1. The van der Waals surface area contributed by atoms with Crippen molar-refractivity contribution in [2.24, 2.45) is 0 Å². The number of Topliss-reactive ketones (excluding diaryl/α,β-unsaturated/α-hetero) is 1. The van der Waals surface area contributed by atoms with Crippen LogP contribution in [0.1, 0.15) is 35.9 Å². The van der Waals surface area contributed by atoms with Crippen LogP contribution in [0.25, 0.3) is 0 Å². The van der Waals surface area contributed by atoms with Gasteiger partial charge in [-0.05, 0) is 47.7 Å². The molecule has 1 aliphatic carbocycles. The Hall–Kier alpha value is -3.53. The summed E-state index contributed by atoms with van der Waals surface area (Å²) in [4.78, 5) is 18.0. The number of hydrogen-bond acceptors (Lipinski definition) is 8. The molecule has 1 aliphatic heterocycles. The summed E-state index contributed by atoms with van der Waals surface area (Å²) in [6.07, 6.45) is 0.945. The maximum absolute atomic E-state index is 13.6. The van der Waals surface area contributed by atoms with E-state index in [-0.39, 0.29) is 17.6 Å². The largest absolute Gasteiger partial charge is 0.493 e. The number of fused-ring (bicyclic) bond motifs is 1. The Morgan fingerprint density at radius 3 is 2.44 bits per heavy atom. The van der Waals surface area contributed by atoms with Crippen LogP contribution in [0, 0.1) is 0 Å². The number of ketones is 1. The number of methoxy groups -OCH3 is 3. The summed E-state index contributed by atoms with van der Waals surface area (Å²) >= 11 is 3.54. The number of allylic oxidation sites excluding steroid dienone is 2. The summed E-state index contributed by atoms with van der Waals surface area (Å²) in [5.41, 5.74) is 9.28. The van der Waals surface area contributed by atoms with Gasteiger partial charge in [0.25, 0.3) is 0 Å². The lowest BCUT2D eigenvalue weighted by molar-refractivity contribution is -0.116. The van der Waals surface area contributed by atoms with Gasteiger partial charge in [-0.25, -0.2) is 4.68 Å². The van der Waals surface area contributed by atoms with Crippen molar-refractivity contribution in [1.82, 2.24) is 14.8 Å². The van der Waals surface area contributed by atoms with Crippen molar-refractivity contribution >= 4 is 33.6 Å². The smallest absolute Gasteiger partial charge is 0.241 e. The SMILES string of the molecule is COc1cc([C@H]2CC(=O)C3=C(C2)Nc2nc(N)nn2[C@@H]3c2cccc(Br)c2)cc(OC)c1OC. The molecule has 0 amide bonds. The van der Waals surface area contributed by atoms with Gasteiger partial charge >= 0.3 is 0 Å². The van der Waals surface area contributed by atoms with Crippen molar-refractivity contribution in [1.29, 1.82) is 0 Å². The zero-order chi connectivity index (χ0) is 24.0. The van der Waals surface area contributed by atoms with E-state index in [9.17, 15) is 4.79 Å². The number of nitrogens with one attached hydrogen (secondary N) is 1. The second kappa shape index (κ2) is 8.68. The Balaban J connectivity index is 1.59. The molecule has 10 heteroatoms. The Morgan fingerprint density at radius 2 is 1.79 bits per heavy atom. The molecular formula is C24H24BrN5O4. The zero-order valence-electron chi connectivity index (χ0n) is 19.0. The highest BCUT2D eigenvalue weighted by atomic mass is 79.9. The van der Waals surface area contributed by atoms with E-state index in [4.69, 9.17) is 19.9 Å². The number of halogens is 1. The number of aromatic nitrogens is 3. The Kier molecular flexibility index (Phi) is 5.68. The molecule has 0 bridgehead atoms. The zero-order valence-corrected chi connectivity index (χ0v) is 20.5. The Bertz CT molecular complexity index is 1290. The highest BCUT2D eigenvalue weighted by Crippen LogP contribution is 2.47. The minimum absolute atomic E-state index is 0.0391. The van der Waals surface area contributed by atoms with E-state index in [0.717, 1.165) is 21.3 Å². The average molecular weight is 526 g/mol. The van der Waals surface area contributed by atoms with E-state index in [1.807, 2.05) is 36.4 Å². The van der Waals surface area contributed by atoms with Gasteiger partial charge in [-0.1, -0.05) is 28.1 Å². The van der Waals surface area contributed by atoms with Crippen LogP contribution in [-0.4, -0.2) is 41.9 Å². The molecule has 0 saturated heterocycles. The summed E-state index contributed by atoms with van der Waals surface area (Å²) in [5, 5.41) is 7.69. The van der Waals surface area contributed by atoms with Crippen LogP contribution in [0.4, 0.5) is 11.9 Å². The monoisotopic (exact) mass is 525 g/mol.